The van der Waals surface area contributed by atoms with Crippen LogP contribution in [-0.4, -0.2) is 62.7 Å². The highest BCUT2D eigenvalue weighted by Crippen LogP contribution is 2.17. The molecule has 0 aromatic rings. The summed E-state index contributed by atoms with van der Waals surface area (Å²) in [5, 5.41) is 3.70. The van der Waals surface area contributed by atoms with Gasteiger partial charge in [0.1, 0.15) is 0 Å². The van der Waals surface area contributed by atoms with E-state index < -0.39 is 0 Å². The molecular weight excluding hydrogens is 210 g/mol. The van der Waals surface area contributed by atoms with Crippen molar-refractivity contribution in [1.29, 1.82) is 0 Å². The average Bonchev–Trinajstić information content (AvgIpc) is 2.78. The molecule has 17 heavy (non-hydrogen) atoms. The standard InChI is InChI=1S/C14H31N3/c1-4-10-17(13-12-16(2)3)11-9-15-14-7-5-6-8-14/h14-15H,4-13H2,1-3H3. The van der Waals surface area contributed by atoms with Crippen molar-refractivity contribution < 1.29 is 0 Å². The van der Waals surface area contributed by atoms with Crippen molar-refractivity contribution in [3.05, 3.63) is 0 Å². The van der Waals surface area contributed by atoms with Crippen molar-refractivity contribution in [2.24, 2.45) is 0 Å². The fraction of sp³-hybridized carbons (Fsp3) is 1.00. The Kier molecular flexibility index (Phi) is 7.82. The Bertz CT molecular complexity index is 176. The summed E-state index contributed by atoms with van der Waals surface area (Å²) < 4.78 is 0. The average molecular weight is 241 g/mol. The molecule has 0 heterocycles. The molecule has 1 fully saturated rings. The molecule has 0 aromatic carbocycles. The number of hydrogen-bond donors (Lipinski definition) is 1. The summed E-state index contributed by atoms with van der Waals surface area (Å²) >= 11 is 0. The molecular formula is C14H31N3. The van der Waals surface area contributed by atoms with Gasteiger partial charge in [0.2, 0.25) is 0 Å². The van der Waals surface area contributed by atoms with Crippen LogP contribution in [0.5, 0.6) is 0 Å². The van der Waals surface area contributed by atoms with Gasteiger partial charge in [-0.05, 0) is 39.9 Å². The lowest BCUT2D eigenvalue weighted by Gasteiger charge is -2.24. The van der Waals surface area contributed by atoms with E-state index in [0.717, 1.165) is 12.6 Å². The van der Waals surface area contributed by atoms with E-state index >= 15 is 0 Å². The van der Waals surface area contributed by atoms with Crippen molar-refractivity contribution in [3.8, 4) is 0 Å². The zero-order valence-corrected chi connectivity index (χ0v) is 12.0. The van der Waals surface area contributed by atoms with E-state index in [1.165, 1.54) is 58.3 Å². The van der Waals surface area contributed by atoms with Gasteiger partial charge in [-0.3, -0.25) is 0 Å². The molecule has 1 aliphatic rings. The molecule has 1 N–H and O–H groups in total. The highest BCUT2D eigenvalue weighted by atomic mass is 15.2. The lowest BCUT2D eigenvalue weighted by molar-refractivity contribution is 0.238. The van der Waals surface area contributed by atoms with Crippen LogP contribution in [0.2, 0.25) is 0 Å². The van der Waals surface area contributed by atoms with Gasteiger partial charge >= 0.3 is 0 Å². The van der Waals surface area contributed by atoms with Crippen LogP contribution in [0, 0.1) is 0 Å². The minimum atomic E-state index is 0.812. The van der Waals surface area contributed by atoms with Crippen LogP contribution < -0.4 is 5.32 Å². The quantitative estimate of drug-likeness (QED) is 0.664. The second-order valence-electron chi connectivity index (χ2n) is 5.58. The van der Waals surface area contributed by atoms with E-state index in [4.69, 9.17) is 0 Å². The van der Waals surface area contributed by atoms with Gasteiger partial charge in [0.05, 0.1) is 0 Å². The summed E-state index contributed by atoms with van der Waals surface area (Å²) in [6, 6.07) is 0.812. The van der Waals surface area contributed by atoms with E-state index in [-0.39, 0.29) is 0 Å². The third kappa shape index (κ3) is 7.02. The molecule has 0 saturated heterocycles. The molecule has 0 bridgehead atoms. The number of nitrogens with one attached hydrogen (secondary N) is 1. The van der Waals surface area contributed by atoms with Crippen molar-refractivity contribution in [2.75, 3.05) is 46.8 Å². The molecule has 1 saturated carbocycles. The monoisotopic (exact) mass is 241 g/mol. The molecule has 1 aliphatic carbocycles. The Morgan fingerprint density at radius 1 is 1.00 bits per heavy atom. The fourth-order valence-corrected chi connectivity index (χ4v) is 2.55. The second kappa shape index (κ2) is 8.90. The third-order valence-corrected chi connectivity index (χ3v) is 3.62. The smallest absolute Gasteiger partial charge is 0.0110 e. The lowest BCUT2D eigenvalue weighted by atomic mass is 10.2. The topological polar surface area (TPSA) is 18.5 Å². The number of likely N-dealkylation sites (N-methyl/N-ethyl adjacent to an activating group) is 1. The van der Waals surface area contributed by atoms with Crippen LogP contribution in [0.25, 0.3) is 0 Å². The first kappa shape index (κ1) is 14.9. The SMILES string of the molecule is CCCN(CCNC1CCCC1)CCN(C)C. The molecule has 0 spiro atoms. The van der Waals surface area contributed by atoms with E-state index in [2.05, 4.69) is 36.1 Å². The first-order valence-corrected chi connectivity index (χ1v) is 7.33. The van der Waals surface area contributed by atoms with Gasteiger partial charge in [-0.25, -0.2) is 0 Å². The maximum atomic E-state index is 3.70. The van der Waals surface area contributed by atoms with Gasteiger partial charge in [0.25, 0.3) is 0 Å². The molecule has 0 aliphatic heterocycles. The van der Waals surface area contributed by atoms with Gasteiger partial charge < -0.3 is 15.1 Å². The maximum Gasteiger partial charge on any atom is 0.0110 e. The van der Waals surface area contributed by atoms with Gasteiger partial charge in [0, 0.05) is 32.2 Å². The Morgan fingerprint density at radius 2 is 1.71 bits per heavy atom. The minimum absolute atomic E-state index is 0.812. The highest BCUT2D eigenvalue weighted by molar-refractivity contribution is 4.74. The summed E-state index contributed by atoms with van der Waals surface area (Å²) in [7, 11) is 4.31. The fourth-order valence-electron chi connectivity index (χ4n) is 2.55. The van der Waals surface area contributed by atoms with Crippen molar-refractivity contribution in [3.63, 3.8) is 0 Å². The van der Waals surface area contributed by atoms with Crippen LogP contribution in [0.3, 0.4) is 0 Å². The summed E-state index contributed by atoms with van der Waals surface area (Å²) in [5.74, 6) is 0. The predicted octanol–water partition coefficient (Wildman–Crippen LogP) is 1.79. The molecule has 0 amide bonds. The maximum absolute atomic E-state index is 3.70. The van der Waals surface area contributed by atoms with Crippen LogP contribution in [0.15, 0.2) is 0 Å². The molecule has 0 unspecified atom stereocenters. The first-order chi connectivity index (χ1) is 8.22. The third-order valence-electron chi connectivity index (χ3n) is 3.62. The molecule has 3 nitrogen and oxygen atoms in total. The summed E-state index contributed by atoms with van der Waals surface area (Å²) in [6.07, 6.45) is 6.90. The van der Waals surface area contributed by atoms with Crippen LogP contribution in [0.1, 0.15) is 39.0 Å². The second-order valence-corrected chi connectivity index (χ2v) is 5.58. The predicted molar refractivity (Wildman–Crippen MR) is 75.5 cm³/mol. The Balaban J connectivity index is 2.09. The molecule has 0 aromatic heterocycles. The van der Waals surface area contributed by atoms with Crippen molar-refractivity contribution in [1.82, 2.24) is 15.1 Å². The minimum Gasteiger partial charge on any atom is -0.313 e. The van der Waals surface area contributed by atoms with Gasteiger partial charge in [-0.1, -0.05) is 19.8 Å². The lowest BCUT2D eigenvalue weighted by Crippen LogP contribution is -2.39. The van der Waals surface area contributed by atoms with E-state index in [1.807, 2.05) is 0 Å². The summed E-state index contributed by atoms with van der Waals surface area (Å²) in [6.45, 7) is 8.25. The normalized spacial score (nSPS) is 17.5. The molecule has 0 radical (unpaired) electrons. The van der Waals surface area contributed by atoms with Gasteiger partial charge in [-0.15, -0.1) is 0 Å². The Labute approximate surface area is 108 Å². The van der Waals surface area contributed by atoms with Crippen LogP contribution in [-0.2, 0) is 0 Å². The zero-order chi connectivity index (χ0) is 12.5. The van der Waals surface area contributed by atoms with Crippen LogP contribution >= 0.6 is 0 Å². The number of hydrogen-bond acceptors (Lipinski definition) is 3. The van der Waals surface area contributed by atoms with Crippen molar-refractivity contribution in [2.45, 2.75) is 45.1 Å². The molecule has 3 heteroatoms. The summed E-state index contributed by atoms with van der Waals surface area (Å²) in [5.41, 5.74) is 0. The Hall–Kier alpha value is -0.120. The van der Waals surface area contributed by atoms with Gasteiger partial charge in [0.15, 0.2) is 0 Å². The first-order valence-electron chi connectivity index (χ1n) is 7.33. The molecule has 102 valence electrons. The molecule has 1 rings (SSSR count). The number of nitrogens with zero attached hydrogens (tertiary/aromatic N) is 2. The summed E-state index contributed by atoms with van der Waals surface area (Å²) in [4.78, 5) is 4.86. The Morgan fingerprint density at radius 3 is 2.29 bits per heavy atom. The van der Waals surface area contributed by atoms with Gasteiger partial charge in [-0.2, -0.15) is 0 Å². The highest BCUT2D eigenvalue weighted by Gasteiger charge is 2.14. The number of rotatable bonds is 9. The van der Waals surface area contributed by atoms with E-state index in [9.17, 15) is 0 Å². The van der Waals surface area contributed by atoms with E-state index in [0.29, 0.717) is 0 Å². The van der Waals surface area contributed by atoms with Crippen molar-refractivity contribution >= 4 is 0 Å². The van der Waals surface area contributed by atoms with E-state index in [1.54, 1.807) is 0 Å². The van der Waals surface area contributed by atoms with Crippen LogP contribution in [0.4, 0.5) is 0 Å². The largest absolute Gasteiger partial charge is 0.313 e. The zero-order valence-electron chi connectivity index (χ0n) is 12.0. The molecule has 0 atom stereocenters.